The largest absolute Gasteiger partial charge is 0.494 e. The van der Waals surface area contributed by atoms with Crippen molar-refractivity contribution in [1.29, 1.82) is 0 Å². The highest BCUT2D eigenvalue weighted by Gasteiger charge is 2.11. The van der Waals surface area contributed by atoms with E-state index in [1.54, 1.807) is 42.6 Å². The minimum atomic E-state index is -0.294. The normalized spacial score (nSPS) is 10.9. The summed E-state index contributed by atoms with van der Waals surface area (Å²) < 4.78 is 13.4. The van der Waals surface area contributed by atoms with Gasteiger partial charge in [-0.1, -0.05) is 36.2 Å². The van der Waals surface area contributed by atoms with E-state index in [-0.39, 0.29) is 5.91 Å². The molecule has 172 valence electrons. The number of halogens is 4. The van der Waals surface area contributed by atoms with Gasteiger partial charge in [0.1, 0.15) is 18.1 Å². The van der Waals surface area contributed by atoms with Gasteiger partial charge in [0.25, 0.3) is 5.91 Å². The Morgan fingerprint density at radius 2 is 1.73 bits per heavy atom. The number of amides is 1. The van der Waals surface area contributed by atoms with Gasteiger partial charge in [-0.3, -0.25) is 4.79 Å². The van der Waals surface area contributed by atoms with Gasteiger partial charge in [-0.15, -0.1) is 0 Å². The second kappa shape index (κ2) is 12.8. The quantitative estimate of drug-likeness (QED) is 0.144. The van der Waals surface area contributed by atoms with Gasteiger partial charge in [0.2, 0.25) is 0 Å². The first kappa shape index (κ1) is 26.1. The molecule has 5 nitrogen and oxygen atoms in total. The molecular formula is C24H20Cl2I2N2O3. The summed E-state index contributed by atoms with van der Waals surface area (Å²) in [6, 6.07) is 16.1. The van der Waals surface area contributed by atoms with Crippen molar-refractivity contribution in [3.05, 3.63) is 88.5 Å². The number of hydrogen-bond acceptors (Lipinski definition) is 4. The maximum Gasteiger partial charge on any atom is 0.271 e. The SMILES string of the molecule is CCCOc1ccc(C(=O)N/N=C\c2cc(I)c(OCc3ccc(Cl)cc3Cl)c(I)c2)cc1. The van der Waals surface area contributed by atoms with Crippen molar-refractivity contribution >= 4 is 80.5 Å². The van der Waals surface area contributed by atoms with E-state index in [0.29, 0.717) is 28.8 Å². The fraction of sp³-hybridized carbons (Fsp3) is 0.167. The lowest BCUT2D eigenvalue weighted by atomic mass is 10.2. The molecule has 0 fully saturated rings. The van der Waals surface area contributed by atoms with Crippen LogP contribution in [0.1, 0.15) is 34.8 Å². The van der Waals surface area contributed by atoms with Crippen molar-refractivity contribution in [2.24, 2.45) is 5.10 Å². The number of ether oxygens (including phenoxy) is 2. The summed E-state index contributed by atoms with van der Waals surface area (Å²) in [4.78, 5) is 12.3. The monoisotopic (exact) mass is 708 g/mol. The van der Waals surface area contributed by atoms with E-state index >= 15 is 0 Å². The Balaban J connectivity index is 1.60. The van der Waals surface area contributed by atoms with Crippen LogP contribution in [0.15, 0.2) is 59.7 Å². The zero-order valence-electron chi connectivity index (χ0n) is 17.6. The average molecular weight is 709 g/mol. The van der Waals surface area contributed by atoms with Crippen LogP contribution in [0.2, 0.25) is 10.0 Å². The lowest BCUT2D eigenvalue weighted by Gasteiger charge is -2.12. The Hall–Kier alpha value is -1.56. The number of hydrogen-bond donors (Lipinski definition) is 1. The summed E-state index contributed by atoms with van der Waals surface area (Å²) in [6.45, 7) is 3.01. The number of rotatable bonds is 9. The lowest BCUT2D eigenvalue weighted by Crippen LogP contribution is -2.17. The molecule has 0 heterocycles. The zero-order chi connectivity index (χ0) is 23.8. The number of nitrogens with zero attached hydrogens (tertiary/aromatic N) is 1. The van der Waals surface area contributed by atoms with Crippen LogP contribution in [-0.2, 0) is 6.61 Å². The minimum Gasteiger partial charge on any atom is -0.494 e. The molecule has 3 rings (SSSR count). The maximum atomic E-state index is 12.3. The van der Waals surface area contributed by atoms with Gasteiger partial charge in [0, 0.05) is 21.2 Å². The molecule has 0 bridgehead atoms. The number of carbonyl (C=O) groups is 1. The fourth-order valence-electron chi connectivity index (χ4n) is 2.73. The van der Waals surface area contributed by atoms with Crippen LogP contribution < -0.4 is 14.9 Å². The summed E-state index contributed by atoms with van der Waals surface area (Å²) in [5.41, 5.74) is 4.74. The predicted molar refractivity (Wildman–Crippen MR) is 150 cm³/mol. The molecule has 0 saturated heterocycles. The number of benzene rings is 3. The van der Waals surface area contributed by atoms with Crippen molar-refractivity contribution in [3.8, 4) is 11.5 Å². The third kappa shape index (κ3) is 7.73. The molecule has 1 N–H and O–H groups in total. The second-order valence-corrected chi connectivity index (χ2v) is 10.1. The van der Waals surface area contributed by atoms with E-state index in [9.17, 15) is 4.79 Å². The van der Waals surface area contributed by atoms with Crippen LogP contribution in [0.3, 0.4) is 0 Å². The lowest BCUT2D eigenvalue weighted by molar-refractivity contribution is 0.0955. The number of nitrogens with one attached hydrogen (secondary N) is 1. The highest BCUT2D eigenvalue weighted by molar-refractivity contribution is 14.1. The van der Waals surface area contributed by atoms with Crippen molar-refractivity contribution in [2.75, 3.05) is 6.61 Å². The summed E-state index contributed by atoms with van der Waals surface area (Å²) in [5, 5.41) is 5.23. The Morgan fingerprint density at radius 1 is 1.03 bits per heavy atom. The Kier molecular flexibility index (Phi) is 10.1. The standard InChI is InChI=1S/C24H20Cl2I2N2O3/c1-2-9-32-19-7-4-16(5-8-19)24(31)30-29-13-15-10-21(27)23(22(28)11-15)33-14-17-3-6-18(25)12-20(17)26/h3-8,10-13H,2,9,14H2,1H3,(H,30,31)/b29-13-. The Bertz CT molecular complexity index is 1130. The first-order valence-electron chi connectivity index (χ1n) is 9.99. The van der Waals surface area contributed by atoms with Crippen LogP contribution in [-0.4, -0.2) is 18.7 Å². The van der Waals surface area contributed by atoms with Gasteiger partial charge in [-0.05, 0) is 106 Å². The molecule has 33 heavy (non-hydrogen) atoms. The smallest absolute Gasteiger partial charge is 0.271 e. The molecule has 3 aromatic rings. The molecule has 0 unspecified atom stereocenters. The van der Waals surface area contributed by atoms with Gasteiger partial charge < -0.3 is 9.47 Å². The molecule has 0 aliphatic heterocycles. The summed E-state index contributed by atoms with van der Waals surface area (Å²) in [7, 11) is 0. The van der Waals surface area contributed by atoms with Gasteiger partial charge in [0.05, 0.1) is 20.0 Å². The van der Waals surface area contributed by atoms with Crippen LogP contribution in [0.5, 0.6) is 11.5 Å². The molecule has 0 saturated carbocycles. The van der Waals surface area contributed by atoms with Gasteiger partial charge in [-0.2, -0.15) is 5.10 Å². The molecule has 0 aliphatic rings. The van der Waals surface area contributed by atoms with E-state index < -0.39 is 0 Å². The minimum absolute atomic E-state index is 0.294. The molecule has 9 heteroatoms. The van der Waals surface area contributed by atoms with Crippen LogP contribution in [0.4, 0.5) is 0 Å². The van der Waals surface area contributed by atoms with Crippen molar-refractivity contribution in [1.82, 2.24) is 5.43 Å². The van der Waals surface area contributed by atoms with Gasteiger partial charge in [0.15, 0.2) is 0 Å². The van der Waals surface area contributed by atoms with E-state index in [1.807, 2.05) is 25.1 Å². The molecule has 0 atom stereocenters. The van der Waals surface area contributed by atoms with Crippen molar-refractivity contribution in [2.45, 2.75) is 20.0 Å². The topological polar surface area (TPSA) is 59.9 Å². The van der Waals surface area contributed by atoms with Crippen LogP contribution in [0.25, 0.3) is 0 Å². The molecule has 0 radical (unpaired) electrons. The predicted octanol–water partition coefficient (Wildman–Crippen LogP) is 7.33. The Morgan fingerprint density at radius 3 is 2.36 bits per heavy atom. The molecule has 1 amide bonds. The first-order valence-corrected chi connectivity index (χ1v) is 12.9. The Labute approximate surface area is 230 Å². The third-order valence-electron chi connectivity index (χ3n) is 4.38. The molecule has 0 aromatic heterocycles. The maximum absolute atomic E-state index is 12.3. The van der Waals surface area contributed by atoms with E-state index in [2.05, 4.69) is 55.7 Å². The zero-order valence-corrected chi connectivity index (χ0v) is 23.4. The second-order valence-electron chi connectivity index (χ2n) is 6.91. The third-order valence-corrected chi connectivity index (χ3v) is 6.57. The fourth-order valence-corrected chi connectivity index (χ4v) is 5.32. The number of carbonyl (C=O) groups excluding carboxylic acids is 1. The van der Waals surface area contributed by atoms with Crippen LogP contribution >= 0.6 is 68.4 Å². The summed E-state index contributed by atoms with van der Waals surface area (Å²) >= 11 is 16.6. The van der Waals surface area contributed by atoms with Gasteiger partial charge >= 0.3 is 0 Å². The summed E-state index contributed by atoms with van der Waals surface area (Å²) in [5.74, 6) is 1.20. The molecule has 0 aliphatic carbocycles. The highest BCUT2D eigenvalue weighted by Crippen LogP contribution is 2.30. The number of hydrazone groups is 1. The summed E-state index contributed by atoms with van der Waals surface area (Å²) in [6.07, 6.45) is 2.53. The van der Waals surface area contributed by atoms with E-state index in [1.165, 1.54) is 0 Å². The van der Waals surface area contributed by atoms with Crippen LogP contribution in [0, 0.1) is 7.14 Å². The van der Waals surface area contributed by atoms with Crippen molar-refractivity contribution in [3.63, 3.8) is 0 Å². The molecule has 3 aromatic carbocycles. The van der Waals surface area contributed by atoms with Crippen molar-refractivity contribution < 1.29 is 14.3 Å². The van der Waals surface area contributed by atoms with E-state index in [4.69, 9.17) is 32.7 Å². The first-order chi connectivity index (χ1) is 15.9. The van der Waals surface area contributed by atoms with E-state index in [0.717, 1.165) is 36.2 Å². The average Bonchev–Trinajstić information content (AvgIpc) is 2.78. The highest BCUT2D eigenvalue weighted by atomic mass is 127. The van der Waals surface area contributed by atoms with Gasteiger partial charge in [-0.25, -0.2) is 5.43 Å². The molecule has 0 spiro atoms. The molecular weight excluding hydrogens is 689 g/mol.